The summed E-state index contributed by atoms with van der Waals surface area (Å²) in [6.45, 7) is 2.08. The number of pyridine rings is 1. The molecule has 3 atom stereocenters. The number of fused-ring (bicyclic) bond motifs is 6. The average molecular weight is 350 g/mol. The van der Waals surface area contributed by atoms with Crippen LogP contribution in [-0.2, 0) is 27.2 Å². The molecule has 0 amide bonds. The van der Waals surface area contributed by atoms with Crippen LogP contribution < -0.4 is 0 Å². The molecule has 0 N–H and O–H groups in total. The zero-order valence-electron chi connectivity index (χ0n) is 14.9. The molecule has 1 fully saturated rings. The number of carbonyl (C=O) groups is 1. The minimum atomic E-state index is -0.194. The van der Waals surface area contributed by atoms with Crippen LogP contribution in [0.5, 0.6) is 0 Å². The van der Waals surface area contributed by atoms with Gasteiger partial charge in [-0.25, -0.2) is 4.98 Å². The lowest BCUT2D eigenvalue weighted by molar-refractivity contribution is -0.150. The van der Waals surface area contributed by atoms with Crippen molar-refractivity contribution in [3.8, 4) is 11.3 Å². The Hall–Kier alpha value is -2.40. The van der Waals surface area contributed by atoms with Crippen LogP contribution in [0, 0.1) is 17.8 Å². The summed E-state index contributed by atoms with van der Waals surface area (Å²) in [4.78, 5) is 17.3. The van der Waals surface area contributed by atoms with E-state index in [0.29, 0.717) is 19.1 Å². The summed E-state index contributed by atoms with van der Waals surface area (Å²) in [5.74, 6) is 0.334. The van der Waals surface area contributed by atoms with Gasteiger partial charge in [0.2, 0.25) is 0 Å². The third-order valence-corrected chi connectivity index (χ3v) is 6.14. The Morgan fingerprint density at radius 3 is 3.08 bits per heavy atom. The first-order chi connectivity index (χ1) is 12.8. The standard InChI is InChI=1S/C21H22N2O3/c1-25-21(24)17-12-26-9-7-13-11-23-8-6-15-14-4-2-3-5-18(14)22-20(15)19(23)10-16(13)17/h2-6,8,13,16-17H,7,9-12H2,1H3/t13-,16-,17+/m1/s1. The molecule has 0 spiro atoms. The predicted molar refractivity (Wildman–Crippen MR) is 98.0 cm³/mol. The van der Waals surface area contributed by atoms with Gasteiger partial charge in [0.15, 0.2) is 0 Å². The van der Waals surface area contributed by atoms with Crippen LogP contribution in [0.15, 0.2) is 36.5 Å². The molecule has 0 bridgehead atoms. The zero-order valence-corrected chi connectivity index (χ0v) is 14.9. The maximum atomic E-state index is 12.4. The van der Waals surface area contributed by atoms with Crippen LogP contribution >= 0.6 is 0 Å². The van der Waals surface area contributed by atoms with Gasteiger partial charge in [0.1, 0.15) is 0 Å². The first-order valence-corrected chi connectivity index (χ1v) is 9.28. The van der Waals surface area contributed by atoms with Crippen molar-refractivity contribution in [1.29, 1.82) is 0 Å². The fraction of sp³-hybridized carbons (Fsp3) is 0.429. The molecule has 1 saturated heterocycles. The van der Waals surface area contributed by atoms with Crippen molar-refractivity contribution in [2.45, 2.75) is 19.4 Å². The molecule has 1 aromatic rings. The molecule has 0 saturated carbocycles. The normalized spacial score (nSPS) is 25.5. The summed E-state index contributed by atoms with van der Waals surface area (Å²) < 4.78 is 13.1. The van der Waals surface area contributed by atoms with E-state index in [0.717, 1.165) is 30.6 Å². The van der Waals surface area contributed by atoms with Crippen molar-refractivity contribution < 1.29 is 14.3 Å². The highest BCUT2D eigenvalue weighted by atomic mass is 16.5. The Morgan fingerprint density at radius 1 is 1.31 bits per heavy atom. The molecule has 0 aromatic heterocycles. The summed E-state index contributed by atoms with van der Waals surface area (Å²) >= 11 is 0. The Morgan fingerprint density at radius 2 is 2.19 bits per heavy atom. The van der Waals surface area contributed by atoms with Crippen LogP contribution in [0.4, 0.5) is 0 Å². The van der Waals surface area contributed by atoms with Crippen LogP contribution in [-0.4, -0.2) is 35.8 Å². The van der Waals surface area contributed by atoms with Gasteiger partial charge >= 0.3 is 5.97 Å². The number of rotatable bonds is 1. The van der Waals surface area contributed by atoms with E-state index in [1.807, 2.05) is 6.07 Å². The average Bonchev–Trinajstić information content (AvgIpc) is 2.93. The summed E-state index contributed by atoms with van der Waals surface area (Å²) in [6, 6.07) is 10.5. The topological polar surface area (TPSA) is 53.4 Å². The van der Waals surface area contributed by atoms with E-state index in [1.165, 1.54) is 23.8 Å². The van der Waals surface area contributed by atoms with Crippen molar-refractivity contribution >= 4 is 16.9 Å². The van der Waals surface area contributed by atoms with Crippen molar-refractivity contribution in [2.75, 3.05) is 20.3 Å². The summed E-state index contributed by atoms with van der Waals surface area (Å²) in [6.07, 6.45) is 4.01. The fourth-order valence-electron chi connectivity index (χ4n) is 4.79. The molecule has 1 aromatic carbocycles. The van der Waals surface area contributed by atoms with Gasteiger partial charge in [0, 0.05) is 36.0 Å². The number of para-hydroxylation sites is 1. The van der Waals surface area contributed by atoms with Crippen molar-refractivity contribution in [2.24, 2.45) is 17.8 Å². The molecule has 5 rings (SSSR count). The number of aromatic nitrogens is 2. The van der Waals surface area contributed by atoms with Gasteiger partial charge < -0.3 is 14.0 Å². The molecule has 4 aliphatic heterocycles. The lowest BCUT2D eigenvalue weighted by Gasteiger charge is -2.36. The molecule has 134 valence electrons. The van der Waals surface area contributed by atoms with E-state index in [9.17, 15) is 4.79 Å². The minimum absolute atomic E-state index is 0.150. The molecule has 0 aliphatic carbocycles. The highest BCUT2D eigenvalue weighted by molar-refractivity contribution is 5.97. The van der Waals surface area contributed by atoms with Gasteiger partial charge in [0.05, 0.1) is 30.8 Å². The van der Waals surface area contributed by atoms with E-state index in [4.69, 9.17) is 14.5 Å². The summed E-state index contributed by atoms with van der Waals surface area (Å²) in [5, 5.41) is 1.20. The first-order valence-electron chi connectivity index (χ1n) is 9.28. The van der Waals surface area contributed by atoms with Gasteiger partial charge in [-0.15, -0.1) is 0 Å². The maximum Gasteiger partial charge on any atom is 0.311 e. The molecule has 4 heterocycles. The Labute approximate surface area is 152 Å². The molecular weight excluding hydrogens is 328 g/mol. The number of esters is 1. The fourth-order valence-corrected chi connectivity index (χ4v) is 4.79. The quantitative estimate of drug-likeness (QED) is 0.633. The molecular formula is C21H22N2O3. The van der Waals surface area contributed by atoms with E-state index >= 15 is 0 Å². The largest absolute Gasteiger partial charge is 0.469 e. The number of ether oxygens (including phenoxy) is 2. The molecule has 0 radical (unpaired) electrons. The minimum Gasteiger partial charge on any atom is -0.469 e. The van der Waals surface area contributed by atoms with Crippen molar-refractivity contribution in [3.05, 3.63) is 42.2 Å². The van der Waals surface area contributed by atoms with E-state index in [2.05, 4.69) is 35.0 Å². The van der Waals surface area contributed by atoms with Crippen LogP contribution in [0.3, 0.4) is 0 Å². The predicted octanol–water partition coefficient (Wildman–Crippen LogP) is 3.14. The first kappa shape index (κ1) is 15.8. The third kappa shape index (κ3) is 2.34. The smallest absolute Gasteiger partial charge is 0.311 e. The number of carbonyl (C=O) groups excluding carboxylic acids is 1. The lowest BCUT2D eigenvalue weighted by Crippen LogP contribution is -2.39. The maximum absolute atomic E-state index is 12.4. The molecule has 5 heteroatoms. The molecule has 26 heavy (non-hydrogen) atoms. The van der Waals surface area contributed by atoms with Gasteiger partial charge in [-0.3, -0.25) is 4.79 Å². The van der Waals surface area contributed by atoms with E-state index < -0.39 is 0 Å². The van der Waals surface area contributed by atoms with Crippen LogP contribution in [0.1, 0.15) is 12.1 Å². The SMILES string of the molecule is COC(=O)[C@H]1COCC[C@@H]2Cn3ccc4c5ccccc5nc-4c3C[C@H]21. The van der Waals surface area contributed by atoms with E-state index in [-0.39, 0.29) is 17.8 Å². The van der Waals surface area contributed by atoms with Gasteiger partial charge in [-0.2, -0.15) is 0 Å². The number of hydrogen-bond donors (Lipinski definition) is 0. The van der Waals surface area contributed by atoms with Gasteiger partial charge in [0.25, 0.3) is 0 Å². The second-order valence-electron chi connectivity index (χ2n) is 7.43. The second-order valence-corrected chi connectivity index (χ2v) is 7.43. The van der Waals surface area contributed by atoms with Crippen LogP contribution in [0.2, 0.25) is 0 Å². The van der Waals surface area contributed by atoms with Gasteiger partial charge in [-0.05, 0) is 36.8 Å². The Balaban J connectivity index is 1.62. The van der Waals surface area contributed by atoms with Crippen molar-refractivity contribution in [1.82, 2.24) is 9.55 Å². The number of hydrogen-bond acceptors (Lipinski definition) is 4. The molecule has 5 nitrogen and oxygen atoms in total. The van der Waals surface area contributed by atoms with Crippen LogP contribution in [0.25, 0.3) is 22.2 Å². The monoisotopic (exact) mass is 350 g/mol. The second kappa shape index (κ2) is 6.09. The van der Waals surface area contributed by atoms with Crippen molar-refractivity contribution in [3.63, 3.8) is 0 Å². The number of methoxy groups -OCH3 is 1. The summed E-state index contributed by atoms with van der Waals surface area (Å²) in [5.41, 5.74) is 4.54. The van der Waals surface area contributed by atoms with E-state index in [1.54, 1.807) is 0 Å². The lowest BCUT2D eigenvalue weighted by atomic mass is 9.75. The number of benzene rings is 1. The number of nitrogens with zero attached hydrogens (tertiary/aromatic N) is 2. The Kier molecular flexibility index (Phi) is 3.71. The molecule has 4 aliphatic rings. The van der Waals surface area contributed by atoms with Gasteiger partial charge in [-0.1, -0.05) is 18.2 Å². The highest BCUT2D eigenvalue weighted by Gasteiger charge is 2.41. The summed E-state index contributed by atoms with van der Waals surface area (Å²) in [7, 11) is 1.47. The molecule has 0 unspecified atom stereocenters. The highest BCUT2D eigenvalue weighted by Crippen LogP contribution is 2.41. The zero-order chi connectivity index (χ0) is 17.7. The Bertz CT molecular complexity index is 948. The third-order valence-electron chi connectivity index (χ3n) is 6.14.